The van der Waals surface area contributed by atoms with Crippen LogP contribution in [0.2, 0.25) is 0 Å². The summed E-state index contributed by atoms with van der Waals surface area (Å²) in [6, 6.07) is 14.4. The molecule has 0 aliphatic carbocycles. The fraction of sp³-hybridized carbons (Fsp3) is 0.263. The molecule has 0 saturated heterocycles. The molecule has 0 spiro atoms. The first kappa shape index (κ1) is 19.7. The molecule has 2 aromatic rings. The zero-order valence-corrected chi connectivity index (χ0v) is 15.6. The zero-order valence-electron chi connectivity index (χ0n) is 14.8. The number of rotatable bonds is 8. The molecule has 0 fully saturated rings. The average Bonchev–Trinajstić information content (AvgIpc) is 2.66. The van der Waals surface area contributed by atoms with Crippen LogP contribution in [0.1, 0.15) is 22.8 Å². The first-order valence-corrected chi connectivity index (χ1v) is 9.54. The van der Waals surface area contributed by atoms with Crippen LogP contribution in [0.4, 0.5) is 0 Å². The Bertz CT molecular complexity index is 717. The summed E-state index contributed by atoms with van der Waals surface area (Å²) in [5.41, 5.74) is 6.13. The molecule has 0 atom stereocenters. The van der Waals surface area contributed by atoms with E-state index in [9.17, 15) is 9.59 Å². The smallest absolute Gasteiger partial charge is 0.269 e. The SMILES string of the molecule is CCOc1ccc(OCc2ccc(C(=O)NNC(=O)CSC)cc2)cc1. The molecule has 7 heteroatoms. The summed E-state index contributed by atoms with van der Waals surface area (Å²) in [7, 11) is 0. The van der Waals surface area contributed by atoms with Gasteiger partial charge in [-0.3, -0.25) is 20.4 Å². The van der Waals surface area contributed by atoms with E-state index >= 15 is 0 Å². The Morgan fingerprint density at radius 3 is 2.12 bits per heavy atom. The minimum atomic E-state index is -0.363. The number of amides is 2. The van der Waals surface area contributed by atoms with Crippen molar-refractivity contribution in [3.8, 4) is 11.5 Å². The van der Waals surface area contributed by atoms with Gasteiger partial charge in [-0.25, -0.2) is 0 Å². The third-order valence-corrected chi connectivity index (χ3v) is 3.90. The van der Waals surface area contributed by atoms with Crippen LogP contribution in [0.25, 0.3) is 0 Å². The summed E-state index contributed by atoms with van der Waals surface area (Å²) in [4.78, 5) is 23.3. The van der Waals surface area contributed by atoms with Crippen molar-refractivity contribution >= 4 is 23.6 Å². The van der Waals surface area contributed by atoms with Gasteiger partial charge in [0.05, 0.1) is 12.4 Å². The molecule has 138 valence electrons. The van der Waals surface area contributed by atoms with Crippen molar-refractivity contribution in [2.45, 2.75) is 13.5 Å². The maximum absolute atomic E-state index is 12.0. The van der Waals surface area contributed by atoms with Gasteiger partial charge in [-0.2, -0.15) is 11.8 Å². The van der Waals surface area contributed by atoms with Crippen molar-refractivity contribution in [2.75, 3.05) is 18.6 Å². The van der Waals surface area contributed by atoms with Gasteiger partial charge in [0.15, 0.2) is 0 Å². The third kappa shape index (κ3) is 6.33. The van der Waals surface area contributed by atoms with E-state index in [0.29, 0.717) is 24.5 Å². The fourth-order valence-corrected chi connectivity index (χ4v) is 2.42. The average molecular weight is 374 g/mol. The van der Waals surface area contributed by atoms with Crippen LogP contribution in [0.3, 0.4) is 0 Å². The minimum Gasteiger partial charge on any atom is -0.494 e. The Labute approximate surface area is 157 Å². The largest absolute Gasteiger partial charge is 0.494 e. The summed E-state index contributed by atoms with van der Waals surface area (Å²) in [6.45, 7) is 2.95. The molecule has 2 aromatic carbocycles. The van der Waals surface area contributed by atoms with Crippen molar-refractivity contribution in [3.05, 3.63) is 59.7 Å². The predicted octanol–water partition coefficient (Wildman–Crippen LogP) is 2.79. The number of benzene rings is 2. The topological polar surface area (TPSA) is 76.7 Å². The van der Waals surface area contributed by atoms with Gasteiger partial charge in [0, 0.05) is 5.56 Å². The van der Waals surface area contributed by atoms with E-state index in [-0.39, 0.29) is 11.8 Å². The van der Waals surface area contributed by atoms with Gasteiger partial charge in [0.2, 0.25) is 5.91 Å². The highest BCUT2D eigenvalue weighted by Crippen LogP contribution is 2.18. The molecule has 0 saturated carbocycles. The van der Waals surface area contributed by atoms with Gasteiger partial charge in [0.1, 0.15) is 18.1 Å². The van der Waals surface area contributed by atoms with E-state index in [1.165, 1.54) is 11.8 Å². The van der Waals surface area contributed by atoms with Crippen molar-refractivity contribution in [1.82, 2.24) is 10.9 Å². The van der Waals surface area contributed by atoms with Gasteiger partial charge in [-0.15, -0.1) is 0 Å². The normalized spacial score (nSPS) is 10.1. The minimum absolute atomic E-state index is 0.244. The lowest BCUT2D eigenvalue weighted by Gasteiger charge is -2.09. The van der Waals surface area contributed by atoms with Gasteiger partial charge in [-0.1, -0.05) is 12.1 Å². The molecule has 0 aromatic heterocycles. The number of carbonyl (C=O) groups is 2. The van der Waals surface area contributed by atoms with Crippen LogP contribution in [-0.4, -0.2) is 30.4 Å². The summed E-state index contributed by atoms with van der Waals surface area (Å²) < 4.78 is 11.1. The van der Waals surface area contributed by atoms with Crippen LogP contribution in [0, 0.1) is 0 Å². The first-order chi connectivity index (χ1) is 12.6. The number of carbonyl (C=O) groups excluding carboxylic acids is 2. The first-order valence-electron chi connectivity index (χ1n) is 8.15. The van der Waals surface area contributed by atoms with Gasteiger partial charge < -0.3 is 9.47 Å². The maximum atomic E-state index is 12.0. The van der Waals surface area contributed by atoms with E-state index in [1.807, 2.05) is 49.6 Å². The van der Waals surface area contributed by atoms with Crippen molar-refractivity contribution < 1.29 is 19.1 Å². The van der Waals surface area contributed by atoms with E-state index in [4.69, 9.17) is 9.47 Å². The van der Waals surface area contributed by atoms with E-state index < -0.39 is 0 Å². The monoisotopic (exact) mass is 374 g/mol. The molecule has 2 N–H and O–H groups in total. The Hall–Kier alpha value is -2.67. The van der Waals surface area contributed by atoms with Crippen LogP contribution in [0.5, 0.6) is 11.5 Å². The van der Waals surface area contributed by atoms with Crippen molar-refractivity contribution in [2.24, 2.45) is 0 Å². The van der Waals surface area contributed by atoms with Crippen LogP contribution in [-0.2, 0) is 11.4 Å². The Morgan fingerprint density at radius 2 is 1.54 bits per heavy atom. The highest BCUT2D eigenvalue weighted by atomic mass is 32.2. The lowest BCUT2D eigenvalue weighted by atomic mass is 10.1. The number of hydrazine groups is 1. The Morgan fingerprint density at radius 1 is 0.923 bits per heavy atom. The highest BCUT2D eigenvalue weighted by molar-refractivity contribution is 7.99. The van der Waals surface area contributed by atoms with Crippen LogP contribution in [0.15, 0.2) is 48.5 Å². The zero-order chi connectivity index (χ0) is 18.8. The highest BCUT2D eigenvalue weighted by Gasteiger charge is 2.07. The molecule has 0 aliphatic heterocycles. The fourth-order valence-electron chi connectivity index (χ4n) is 2.08. The molecule has 0 radical (unpaired) electrons. The van der Waals surface area contributed by atoms with Crippen molar-refractivity contribution in [1.29, 1.82) is 0 Å². The van der Waals surface area contributed by atoms with Gasteiger partial charge >= 0.3 is 0 Å². The predicted molar refractivity (Wildman–Crippen MR) is 102 cm³/mol. The Kier molecular flexibility index (Phi) is 7.82. The summed E-state index contributed by atoms with van der Waals surface area (Å²) in [5, 5.41) is 0. The lowest BCUT2D eigenvalue weighted by Crippen LogP contribution is -2.42. The second kappa shape index (κ2) is 10.4. The van der Waals surface area contributed by atoms with Crippen LogP contribution < -0.4 is 20.3 Å². The standard InChI is InChI=1S/C19H22N2O4S/c1-3-24-16-8-10-17(11-9-16)25-12-14-4-6-15(7-5-14)19(23)21-20-18(22)13-26-2/h4-11H,3,12-13H2,1-2H3,(H,20,22)(H,21,23). The van der Waals surface area contributed by atoms with Gasteiger partial charge in [-0.05, 0) is 55.1 Å². The summed E-state index contributed by atoms with van der Waals surface area (Å²) >= 11 is 1.38. The molecular weight excluding hydrogens is 352 g/mol. The summed E-state index contributed by atoms with van der Waals surface area (Å²) in [5.74, 6) is 1.23. The molecule has 0 unspecified atom stereocenters. The molecule has 0 bridgehead atoms. The second-order valence-corrected chi connectivity index (χ2v) is 6.19. The quantitative estimate of drug-likeness (QED) is 0.695. The lowest BCUT2D eigenvalue weighted by molar-refractivity contribution is -0.119. The number of thioether (sulfide) groups is 1. The van der Waals surface area contributed by atoms with Crippen LogP contribution >= 0.6 is 11.8 Å². The maximum Gasteiger partial charge on any atom is 0.269 e. The number of nitrogens with one attached hydrogen (secondary N) is 2. The number of hydrogen-bond donors (Lipinski definition) is 2. The molecule has 0 aliphatic rings. The third-order valence-electron chi connectivity index (χ3n) is 3.35. The Balaban J connectivity index is 1.83. The molecule has 2 amide bonds. The van der Waals surface area contributed by atoms with Crippen molar-refractivity contribution in [3.63, 3.8) is 0 Å². The number of ether oxygens (including phenoxy) is 2. The molecule has 2 rings (SSSR count). The van der Waals surface area contributed by atoms with E-state index in [0.717, 1.165) is 17.1 Å². The van der Waals surface area contributed by atoms with Gasteiger partial charge in [0.25, 0.3) is 5.91 Å². The summed E-state index contributed by atoms with van der Waals surface area (Å²) in [6.07, 6.45) is 1.82. The molecule has 6 nitrogen and oxygen atoms in total. The molecule has 26 heavy (non-hydrogen) atoms. The van der Waals surface area contributed by atoms with E-state index in [1.54, 1.807) is 12.1 Å². The molecular formula is C19H22N2O4S. The second-order valence-electron chi connectivity index (χ2n) is 5.33. The molecule has 0 heterocycles. The van der Waals surface area contributed by atoms with E-state index in [2.05, 4.69) is 10.9 Å². The number of hydrogen-bond acceptors (Lipinski definition) is 5.